The highest BCUT2D eigenvalue weighted by Gasteiger charge is 2.24. The molecule has 0 fully saturated rings. The van der Waals surface area contributed by atoms with Crippen molar-refractivity contribution in [2.75, 3.05) is 6.61 Å². The van der Waals surface area contributed by atoms with Gasteiger partial charge in [0.1, 0.15) is 5.69 Å². The Morgan fingerprint density at radius 2 is 1.85 bits per heavy atom. The molecule has 0 aliphatic heterocycles. The van der Waals surface area contributed by atoms with Gasteiger partial charge < -0.3 is 4.74 Å². The van der Waals surface area contributed by atoms with E-state index in [2.05, 4.69) is 0 Å². The van der Waals surface area contributed by atoms with Crippen LogP contribution >= 0.6 is 11.6 Å². The van der Waals surface area contributed by atoms with Gasteiger partial charge in [0, 0.05) is 16.8 Å². The SMILES string of the molecule is CCOC(=O)c1c(-c2cc(Cl)ccc2C)ccn1S(=O)c1ccccc1. The molecule has 1 aromatic heterocycles. The summed E-state index contributed by atoms with van der Waals surface area (Å²) in [5.74, 6) is -0.517. The Bertz CT molecular complexity index is 966. The van der Waals surface area contributed by atoms with Gasteiger partial charge in [-0.05, 0) is 55.3 Å². The first-order chi connectivity index (χ1) is 12.5. The number of rotatable bonds is 5. The van der Waals surface area contributed by atoms with Gasteiger partial charge in [0.2, 0.25) is 0 Å². The predicted octanol–water partition coefficient (Wildman–Crippen LogP) is 4.86. The predicted molar refractivity (Wildman–Crippen MR) is 104 cm³/mol. The van der Waals surface area contributed by atoms with Gasteiger partial charge in [-0.1, -0.05) is 35.9 Å². The fourth-order valence-corrected chi connectivity index (χ4v) is 4.00. The molecule has 0 saturated heterocycles. The molecular formula is C20H18ClNO3S. The number of halogens is 1. The minimum Gasteiger partial charge on any atom is -0.461 e. The summed E-state index contributed by atoms with van der Waals surface area (Å²) in [5.41, 5.74) is 2.67. The molecule has 6 heteroatoms. The molecule has 0 aliphatic rings. The van der Waals surface area contributed by atoms with Crippen LogP contribution in [0.15, 0.2) is 65.7 Å². The Morgan fingerprint density at radius 3 is 2.54 bits per heavy atom. The zero-order chi connectivity index (χ0) is 18.7. The maximum atomic E-state index is 13.0. The number of esters is 1. The maximum Gasteiger partial charge on any atom is 0.356 e. The van der Waals surface area contributed by atoms with E-state index in [1.54, 1.807) is 43.5 Å². The lowest BCUT2D eigenvalue weighted by atomic mass is 10.0. The van der Waals surface area contributed by atoms with Gasteiger partial charge in [-0.15, -0.1) is 0 Å². The van der Waals surface area contributed by atoms with Crippen LogP contribution in [0.25, 0.3) is 11.1 Å². The normalized spacial score (nSPS) is 12.0. The standard InChI is InChI=1S/C20H18ClNO3S/c1-3-25-20(23)19-17(18-13-15(21)10-9-14(18)2)11-12-22(19)26(24)16-7-5-4-6-8-16/h4-13H,3H2,1-2H3. The summed E-state index contributed by atoms with van der Waals surface area (Å²) in [5, 5.41) is 0.567. The zero-order valence-corrected chi connectivity index (χ0v) is 16.0. The Kier molecular flexibility index (Phi) is 5.59. The zero-order valence-electron chi connectivity index (χ0n) is 14.4. The summed E-state index contributed by atoms with van der Waals surface area (Å²) < 4.78 is 19.7. The van der Waals surface area contributed by atoms with E-state index in [1.807, 2.05) is 31.2 Å². The smallest absolute Gasteiger partial charge is 0.356 e. The van der Waals surface area contributed by atoms with Crippen LogP contribution in [0.5, 0.6) is 0 Å². The average Bonchev–Trinajstić information content (AvgIpc) is 3.09. The summed E-state index contributed by atoms with van der Waals surface area (Å²) in [6, 6.07) is 16.2. The monoisotopic (exact) mass is 387 g/mol. The van der Waals surface area contributed by atoms with Crippen molar-refractivity contribution in [3.63, 3.8) is 0 Å². The fraction of sp³-hybridized carbons (Fsp3) is 0.150. The second-order valence-electron chi connectivity index (χ2n) is 5.65. The van der Waals surface area contributed by atoms with Gasteiger partial charge in [-0.25, -0.2) is 9.00 Å². The highest BCUT2D eigenvalue weighted by atomic mass is 35.5. The lowest BCUT2D eigenvalue weighted by molar-refractivity contribution is 0.0519. The Labute approximate surface area is 160 Å². The van der Waals surface area contributed by atoms with E-state index in [1.165, 1.54) is 3.97 Å². The van der Waals surface area contributed by atoms with Crippen molar-refractivity contribution in [2.45, 2.75) is 18.7 Å². The third kappa shape index (κ3) is 3.59. The molecule has 0 spiro atoms. The molecule has 26 heavy (non-hydrogen) atoms. The van der Waals surface area contributed by atoms with E-state index in [4.69, 9.17) is 16.3 Å². The van der Waals surface area contributed by atoms with Crippen LogP contribution in [0.1, 0.15) is 23.0 Å². The van der Waals surface area contributed by atoms with Crippen molar-refractivity contribution in [1.82, 2.24) is 3.97 Å². The Balaban J connectivity index is 2.18. The molecular weight excluding hydrogens is 370 g/mol. The number of carbonyl (C=O) groups is 1. The van der Waals surface area contributed by atoms with Crippen LogP contribution in [0.3, 0.4) is 0 Å². The first-order valence-electron chi connectivity index (χ1n) is 8.15. The van der Waals surface area contributed by atoms with E-state index in [-0.39, 0.29) is 12.3 Å². The van der Waals surface area contributed by atoms with Gasteiger partial charge in [0.05, 0.1) is 11.5 Å². The van der Waals surface area contributed by atoms with Gasteiger partial charge in [0.25, 0.3) is 0 Å². The van der Waals surface area contributed by atoms with Crippen LogP contribution in [0.2, 0.25) is 5.02 Å². The minimum absolute atomic E-state index is 0.232. The van der Waals surface area contributed by atoms with Gasteiger partial charge in [-0.3, -0.25) is 3.97 Å². The lowest BCUT2D eigenvalue weighted by Crippen LogP contribution is -2.15. The number of aromatic nitrogens is 1. The van der Waals surface area contributed by atoms with Gasteiger partial charge in [-0.2, -0.15) is 0 Å². The molecule has 2 aromatic carbocycles. The van der Waals surface area contributed by atoms with Crippen molar-refractivity contribution in [1.29, 1.82) is 0 Å². The van der Waals surface area contributed by atoms with Gasteiger partial charge in [0.15, 0.2) is 11.0 Å². The molecule has 0 saturated carbocycles. The maximum absolute atomic E-state index is 13.0. The number of ether oxygens (including phenoxy) is 1. The van der Waals surface area contributed by atoms with E-state index < -0.39 is 17.0 Å². The molecule has 3 aromatic rings. The highest BCUT2D eigenvalue weighted by molar-refractivity contribution is 7.83. The van der Waals surface area contributed by atoms with Crippen molar-refractivity contribution < 1.29 is 13.7 Å². The quantitative estimate of drug-likeness (QED) is 0.587. The van der Waals surface area contributed by atoms with Gasteiger partial charge >= 0.3 is 5.97 Å². The number of benzene rings is 2. The largest absolute Gasteiger partial charge is 0.461 e. The van der Waals surface area contributed by atoms with Crippen LogP contribution in [0, 0.1) is 6.92 Å². The van der Waals surface area contributed by atoms with Crippen LogP contribution in [-0.2, 0) is 15.7 Å². The van der Waals surface area contributed by atoms with E-state index in [0.29, 0.717) is 15.5 Å². The number of hydrogen-bond acceptors (Lipinski definition) is 3. The molecule has 0 aliphatic carbocycles. The van der Waals surface area contributed by atoms with E-state index in [0.717, 1.165) is 11.1 Å². The van der Waals surface area contributed by atoms with Crippen molar-refractivity contribution in [3.8, 4) is 11.1 Å². The van der Waals surface area contributed by atoms with Crippen LogP contribution in [-0.4, -0.2) is 20.8 Å². The molecule has 0 bridgehead atoms. The minimum atomic E-state index is -1.56. The van der Waals surface area contributed by atoms with Crippen molar-refractivity contribution in [3.05, 3.63) is 77.1 Å². The van der Waals surface area contributed by atoms with Crippen LogP contribution in [0.4, 0.5) is 0 Å². The highest BCUT2D eigenvalue weighted by Crippen LogP contribution is 2.32. The third-order valence-electron chi connectivity index (χ3n) is 3.93. The summed E-state index contributed by atoms with van der Waals surface area (Å²) in [7, 11) is -1.56. The first-order valence-corrected chi connectivity index (χ1v) is 9.63. The molecule has 0 N–H and O–H groups in total. The van der Waals surface area contributed by atoms with Crippen LogP contribution < -0.4 is 0 Å². The molecule has 0 radical (unpaired) electrons. The fourth-order valence-electron chi connectivity index (χ4n) is 2.70. The number of carbonyl (C=O) groups excluding carboxylic acids is 1. The van der Waals surface area contributed by atoms with E-state index >= 15 is 0 Å². The number of aryl methyl sites for hydroxylation is 1. The topological polar surface area (TPSA) is 48.3 Å². The first kappa shape index (κ1) is 18.4. The molecule has 1 heterocycles. The summed E-state index contributed by atoms with van der Waals surface area (Å²) in [6.07, 6.45) is 1.64. The third-order valence-corrected chi connectivity index (χ3v) is 5.51. The number of hydrogen-bond donors (Lipinski definition) is 0. The lowest BCUT2D eigenvalue weighted by Gasteiger charge is -2.12. The Hall–Kier alpha value is -2.37. The van der Waals surface area contributed by atoms with E-state index in [9.17, 15) is 9.00 Å². The Morgan fingerprint density at radius 1 is 1.12 bits per heavy atom. The summed E-state index contributed by atoms with van der Waals surface area (Å²) in [6.45, 7) is 3.91. The molecule has 4 nitrogen and oxygen atoms in total. The second kappa shape index (κ2) is 7.89. The molecule has 134 valence electrons. The molecule has 3 rings (SSSR count). The summed E-state index contributed by atoms with van der Waals surface area (Å²) >= 11 is 6.14. The molecule has 0 amide bonds. The number of nitrogens with zero attached hydrogens (tertiary/aromatic N) is 1. The van der Waals surface area contributed by atoms with Crippen molar-refractivity contribution >= 4 is 28.6 Å². The molecule has 1 unspecified atom stereocenters. The second-order valence-corrected chi connectivity index (χ2v) is 7.45. The average molecular weight is 388 g/mol. The van der Waals surface area contributed by atoms with Crippen molar-refractivity contribution in [2.24, 2.45) is 0 Å². The molecule has 1 atom stereocenters. The summed E-state index contributed by atoms with van der Waals surface area (Å²) in [4.78, 5) is 13.2.